The van der Waals surface area contributed by atoms with Gasteiger partial charge in [0, 0.05) is 23.2 Å². The first-order valence-electron chi connectivity index (χ1n) is 12.3. The molecule has 192 valence electrons. The van der Waals surface area contributed by atoms with Crippen molar-refractivity contribution in [2.45, 2.75) is 52.6 Å². The summed E-state index contributed by atoms with van der Waals surface area (Å²) in [7, 11) is 1.33. The molecular weight excluding hydrogens is 468 g/mol. The van der Waals surface area contributed by atoms with Crippen molar-refractivity contribution in [2.75, 3.05) is 12.4 Å². The van der Waals surface area contributed by atoms with Crippen molar-refractivity contribution in [3.63, 3.8) is 0 Å². The van der Waals surface area contributed by atoms with Crippen LogP contribution in [0.3, 0.4) is 0 Å². The Balaban J connectivity index is 1.48. The number of nitrogens with one attached hydrogen (secondary N) is 1. The summed E-state index contributed by atoms with van der Waals surface area (Å²) in [6.07, 6.45) is 3.05. The Kier molecular flexibility index (Phi) is 7.12. The topological polar surface area (TPSA) is 101 Å². The van der Waals surface area contributed by atoms with Gasteiger partial charge in [0.05, 0.1) is 25.2 Å². The summed E-state index contributed by atoms with van der Waals surface area (Å²) in [4.78, 5) is 48.5. The highest BCUT2D eigenvalue weighted by Crippen LogP contribution is 2.31. The fourth-order valence-corrected chi connectivity index (χ4v) is 4.44. The molecule has 0 radical (unpaired) electrons. The van der Waals surface area contributed by atoms with Crippen LogP contribution in [0.5, 0.6) is 0 Å². The molecule has 8 nitrogen and oxygen atoms in total. The van der Waals surface area contributed by atoms with Crippen molar-refractivity contribution in [3.8, 4) is 11.3 Å². The quantitative estimate of drug-likeness (QED) is 0.486. The van der Waals surface area contributed by atoms with E-state index in [0.717, 1.165) is 16.7 Å². The zero-order valence-corrected chi connectivity index (χ0v) is 22.0. The van der Waals surface area contributed by atoms with Gasteiger partial charge in [-0.2, -0.15) is 0 Å². The molecule has 2 amide bonds. The minimum Gasteiger partial charge on any atom is -0.467 e. The predicted molar refractivity (Wildman–Crippen MR) is 141 cm³/mol. The van der Waals surface area contributed by atoms with Crippen LogP contribution in [0.15, 0.2) is 54.9 Å². The van der Waals surface area contributed by atoms with Gasteiger partial charge in [-0.25, -0.2) is 9.78 Å². The highest BCUT2D eigenvalue weighted by Gasteiger charge is 2.38. The van der Waals surface area contributed by atoms with Gasteiger partial charge in [0.1, 0.15) is 6.04 Å². The average Bonchev–Trinajstić information content (AvgIpc) is 3.19. The van der Waals surface area contributed by atoms with E-state index in [1.165, 1.54) is 13.3 Å². The summed E-state index contributed by atoms with van der Waals surface area (Å²) < 4.78 is 4.93. The molecule has 1 aliphatic heterocycles. The third kappa shape index (κ3) is 5.38. The van der Waals surface area contributed by atoms with E-state index in [4.69, 9.17) is 4.74 Å². The van der Waals surface area contributed by atoms with Gasteiger partial charge in [0.2, 0.25) is 0 Å². The predicted octanol–water partition coefficient (Wildman–Crippen LogP) is 4.85. The molecule has 2 aromatic carbocycles. The molecule has 3 aromatic rings. The zero-order chi connectivity index (χ0) is 26.9. The number of aromatic nitrogens is 2. The number of carbonyl (C=O) groups excluding carboxylic acids is 3. The first-order chi connectivity index (χ1) is 17.5. The fraction of sp³-hybridized carbons (Fsp3) is 0.345. The largest absolute Gasteiger partial charge is 0.467 e. The monoisotopic (exact) mass is 500 g/mol. The van der Waals surface area contributed by atoms with Gasteiger partial charge >= 0.3 is 5.97 Å². The Labute approximate surface area is 217 Å². The van der Waals surface area contributed by atoms with Gasteiger partial charge in [-0.3, -0.25) is 14.6 Å². The maximum absolute atomic E-state index is 13.2. The lowest BCUT2D eigenvalue weighted by Gasteiger charge is -2.28. The van der Waals surface area contributed by atoms with Crippen molar-refractivity contribution in [1.29, 1.82) is 0 Å². The minimum absolute atomic E-state index is 0.00819. The van der Waals surface area contributed by atoms with Crippen LogP contribution in [0.1, 0.15) is 66.5 Å². The van der Waals surface area contributed by atoms with Gasteiger partial charge in [0.25, 0.3) is 11.8 Å². The van der Waals surface area contributed by atoms with E-state index in [-0.39, 0.29) is 23.1 Å². The SMILES string of the molecule is COC(=O)[C@H](C(C)C)N1Cc2ccc(-c3cnc(NC(=O)c4ccc(C(C)(C)C)cc4)cn3)cc2C1=O. The highest BCUT2D eigenvalue weighted by atomic mass is 16.5. The molecule has 1 aliphatic rings. The normalized spacial score (nSPS) is 13.9. The molecule has 1 N–H and O–H groups in total. The molecule has 0 saturated heterocycles. The molecule has 37 heavy (non-hydrogen) atoms. The van der Waals surface area contributed by atoms with E-state index >= 15 is 0 Å². The molecule has 8 heteroatoms. The van der Waals surface area contributed by atoms with Gasteiger partial charge in [-0.1, -0.05) is 58.9 Å². The molecule has 1 aromatic heterocycles. The fourth-order valence-electron chi connectivity index (χ4n) is 4.44. The number of hydrogen-bond acceptors (Lipinski definition) is 6. The Morgan fingerprint density at radius 3 is 2.30 bits per heavy atom. The maximum atomic E-state index is 13.2. The molecule has 1 atom stereocenters. The summed E-state index contributed by atoms with van der Waals surface area (Å²) in [5, 5.41) is 2.77. The number of carbonyl (C=O) groups is 3. The van der Waals surface area contributed by atoms with Crippen LogP contribution >= 0.6 is 0 Å². The number of esters is 1. The second-order valence-electron chi connectivity index (χ2n) is 10.6. The summed E-state index contributed by atoms with van der Waals surface area (Å²) in [6, 6.07) is 12.4. The first-order valence-corrected chi connectivity index (χ1v) is 12.3. The summed E-state index contributed by atoms with van der Waals surface area (Å²) in [5.41, 5.74) is 4.35. The number of anilines is 1. The molecule has 0 bridgehead atoms. The van der Waals surface area contributed by atoms with Gasteiger partial charge in [-0.05, 0) is 40.7 Å². The molecule has 4 rings (SSSR count). The number of nitrogens with zero attached hydrogens (tertiary/aromatic N) is 3. The van der Waals surface area contributed by atoms with Gasteiger partial charge in [0.15, 0.2) is 5.82 Å². The van der Waals surface area contributed by atoms with E-state index in [2.05, 4.69) is 36.1 Å². The van der Waals surface area contributed by atoms with Crippen molar-refractivity contribution in [3.05, 3.63) is 77.1 Å². The number of benzene rings is 2. The van der Waals surface area contributed by atoms with E-state index < -0.39 is 12.0 Å². The average molecular weight is 501 g/mol. The van der Waals surface area contributed by atoms with Crippen LogP contribution in [0, 0.1) is 5.92 Å². The van der Waals surface area contributed by atoms with Crippen LogP contribution in [0.25, 0.3) is 11.3 Å². The standard InChI is InChI=1S/C29H32N4O4/c1-17(2)25(28(36)37-6)33-16-20-8-7-19(13-22(20)27(33)35)23-14-31-24(15-30-23)32-26(34)18-9-11-21(12-10-18)29(3,4)5/h7-15,17,25H,16H2,1-6H3,(H,31,32,34)/t25-/m0/s1. The van der Waals surface area contributed by atoms with Crippen LogP contribution in [0.2, 0.25) is 0 Å². The van der Waals surface area contributed by atoms with E-state index in [1.807, 2.05) is 38.1 Å². The van der Waals surface area contributed by atoms with Crippen molar-refractivity contribution in [1.82, 2.24) is 14.9 Å². The molecule has 0 unspecified atom stereocenters. The van der Waals surface area contributed by atoms with Crippen molar-refractivity contribution in [2.24, 2.45) is 5.92 Å². The van der Waals surface area contributed by atoms with E-state index in [9.17, 15) is 14.4 Å². The van der Waals surface area contributed by atoms with E-state index in [0.29, 0.717) is 29.2 Å². The Bertz CT molecular complexity index is 1330. The molecule has 2 heterocycles. The van der Waals surface area contributed by atoms with Crippen LogP contribution in [-0.4, -0.2) is 45.8 Å². The first kappa shape index (κ1) is 26.0. The number of hydrogen-bond donors (Lipinski definition) is 1. The smallest absolute Gasteiger partial charge is 0.328 e. The Morgan fingerprint density at radius 2 is 1.73 bits per heavy atom. The molecule has 0 aliphatic carbocycles. The third-order valence-electron chi connectivity index (χ3n) is 6.55. The lowest BCUT2D eigenvalue weighted by Crippen LogP contribution is -2.45. The second kappa shape index (κ2) is 10.1. The lowest BCUT2D eigenvalue weighted by molar-refractivity contribution is -0.147. The number of ether oxygens (including phenoxy) is 1. The molecule has 0 fully saturated rings. The zero-order valence-electron chi connectivity index (χ0n) is 22.0. The van der Waals surface area contributed by atoms with E-state index in [1.54, 1.807) is 29.3 Å². The summed E-state index contributed by atoms with van der Waals surface area (Å²) in [5.74, 6) is -0.665. The van der Waals surface area contributed by atoms with Gasteiger partial charge < -0.3 is 15.0 Å². The lowest BCUT2D eigenvalue weighted by atomic mass is 9.87. The van der Waals surface area contributed by atoms with Crippen LogP contribution in [-0.2, 0) is 21.5 Å². The minimum atomic E-state index is -0.652. The number of amides is 2. The molecule has 0 saturated carbocycles. The second-order valence-corrected chi connectivity index (χ2v) is 10.6. The van der Waals surface area contributed by atoms with Crippen LogP contribution < -0.4 is 5.32 Å². The Morgan fingerprint density at radius 1 is 1.03 bits per heavy atom. The number of methoxy groups -OCH3 is 1. The molecular formula is C29H32N4O4. The summed E-state index contributed by atoms with van der Waals surface area (Å²) in [6.45, 7) is 10.5. The third-order valence-corrected chi connectivity index (χ3v) is 6.55. The number of rotatable bonds is 6. The van der Waals surface area contributed by atoms with Gasteiger partial charge in [-0.15, -0.1) is 0 Å². The Hall–Kier alpha value is -4.07. The van der Waals surface area contributed by atoms with Crippen molar-refractivity contribution < 1.29 is 19.1 Å². The van der Waals surface area contributed by atoms with Crippen molar-refractivity contribution >= 4 is 23.6 Å². The maximum Gasteiger partial charge on any atom is 0.328 e. The number of fused-ring (bicyclic) bond motifs is 1. The van der Waals surface area contributed by atoms with Crippen LogP contribution in [0.4, 0.5) is 5.82 Å². The summed E-state index contributed by atoms with van der Waals surface area (Å²) >= 11 is 0. The molecule has 0 spiro atoms. The highest BCUT2D eigenvalue weighted by molar-refractivity contribution is 6.04.